The van der Waals surface area contributed by atoms with Crippen LogP contribution in [0.25, 0.3) is 0 Å². The van der Waals surface area contributed by atoms with Crippen LogP contribution in [-0.4, -0.2) is 31.3 Å². The van der Waals surface area contributed by atoms with Crippen LogP contribution in [0.4, 0.5) is 0 Å². The minimum absolute atomic E-state index is 0.176. The van der Waals surface area contributed by atoms with Crippen molar-refractivity contribution in [3.63, 3.8) is 0 Å². The number of halogens is 1. The maximum Gasteiger partial charge on any atom is 0.345 e. The van der Waals surface area contributed by atoms with Crippen molar-refractivity contribution in [3.05, 3.63) is 88.9 Å². The van der Waals surface area contributed by atoms with Crippen molar-refractivity contribution < 1.29 is 23.8 Å². The molecule has 7 nitrogen and oxygen atoms in total. The number of unbranched alkanes of at least 4 members (excludes halogenated alkanes) is 1. The van der Waals surface area contributed by atoms with Gasteiger partial charge in [-0.2, -0.15) is 5.10 Å². The van der Waals surface area contributed by atoms with Gasteiger partial charge >= 0.3 is 5.97 Å². The number of nitrogens with zero attached hydrogens (tertiary/aromatic N) is 1. The van der Waals surface area contributed by atoms with Gasteiger partial charge in [-0.05, 0) is 72.6 Å². The van der Waals surface area contributed by atoms with Crippen LogP contribution in [0.15, 0.2) is 77.9 Å². The summed E-state index contributed by atoms with van der Waals surface area (Å²) in [6.45, 7) is 2.60. The summed E-state index contributed by atoms with van der Waals surface area (Å²) in [5.74, 6) is 0.743. The highest BCUT2D eigenvalue weighted by Gasteiger charge is 2.12. The Balaban J connectivity index is 1.41. The number of esters is 1. The van der Waals surface area contributed by atoms with Gasteiger partial charge < -0.3 is 14.2 Å². The first-order valence-corrected chi connectivity index (χ1v) is 11.2. The number of carbonyl (C=O) groups is 2. The van der Waals surface area contributed by atoms with E-state index in [1.807, 2.05) is 0 Å². The lowest BCUT2D eigenvalue weighted by molar-refractivity contribution is -0.123. The van der Waals surface area contributed by atoms with E-state index in [4.69, 9.17) is 25.8 Å². The largest absolute Gasteiger partial charge is 0.494 e. The molecule has 0 aliphatic rings. The second-order valence-corrected chi connectivity index (χ2v) is 7.60. The van der Waals surface area contributed by atoms with E-state index in [9.17, 15) is 9.59 Å². The zero-order valence-electron chi connectivity index (χ0n) is 18.7. The lowest BCUT2D eigenvalue weighted by atomic mass is 10.2. The van der Waals surface area contributed by atoms with Crippen molar-refractivity contribution in [2.24, 2.45) is 5.10 Å². The molecule has 3 rings (SSSR count). The molecule has 3 aromatic carbocycles. The fraction of sp³-hybridized carbons (Fsp3) is 0.192. The van der Waals surface area contributed by atoms with Crippen LogP contribution in [-0.2, 0) is 4.79 Å². The molecule has 0 fully saturated rings. The predicted molar refractivity (Wildman–Crippen MR) is 131 cm³/mol. The molecule has 0 bridgehead atoms. The standard InChI is InChI=1S/C26H25ClN2O5/c1-2-3-16-32-20-12-14-21(15-13-20)33-18-25(30)29-28-17-19-8-10-22(11-9-19)34-26(31)23-6-4-5-7-24(23)27/h4-15,17H,2-3,16,18H2,1H3,(H,29,30)/b28-17+. The monoisotopic (exact) mass is 480 g/mol. The Morgan fingerprint density at radius 1 is 0.912 bits per heavy atom. The molecule has 0 radical (unpaired) electrons. The first kappa shape index (κ1) is 24.8. The third-order valence-electron chi connectivity index (χ3n) is 4.55. The van der Waals surface area contributed by atoms with Crippen molar-refractivity contribution in [3.8, 4) is 17.2 Å². The summed E-state index contributed by atoms with van der Waals surface area (Å²) in [5.41, 5.74) is 3.40. The Morgan fingerprint density at radius 3 is 2.24 bits per heavy atom. The van der Waals surface area contributed by atoms with Gasteiger partial charge in [0, 0.05) is 0 Å². The third-order valence-corrected chi connectivity index (χ3v) is 4.88. The molecule has 0 aromatic heterocycles. The fourth-order valence-corrected chi connectivity index (χ4v) is 2.95. The summed E-state index contributed by atoms with van der Waals surface area (Å²) in [4.78, 5) is 24.1. The molecule has 0 saturated carbocycles. The quantitative estimate of drug-likeness (QED) is 0.133. The van der Waals surface area contributed by atoms with E-state index in [2.05, 4.69) is 17.5 Å². The van der Waals surface area contributed by atoms with E-state index < -0.39 is 11.9 Å². The maximum absolute atomic E-state index is 12.2. The summed E-state index contributed by atoms with van der Waals surface area (Å²) in [6, 6.07) is 20.4. The van der Waals surface area contributed by atoms with Crippen LogP contribution in [0, 0.1) is 0 Å². The molecule has 176 valence electrons. The van der Waals surface area contributed by atoms with Gasteiger partial charge in [0.15, 0.2) is 6.61 Å². The van der Waals surface area contributed by atoms with Gasteiger partial charge in [0.05, 0.1) is 23.4 Å². The Kier molecular flexibility index (Phi) is 9.49. The van der Waals surface area contributed by atoms with Crippen LogP contribution in [0.1, 0.15) is 35.7 Å². The van der Waals surface area contributed by atoms with Gasteiger partial charge in [0.1, 0.15) is 17.2 Å². The molecule has 0 unspecified atom stereocenters. The number of hydrogen-bond donors (Lipinski definition) is 1. The van der Waals surface area contributed by atoms with E-state index in [1.165, 1.54) is 6.21 Å². The zero-order chi connectivity index (χ0) is 24.2. The molecular weight excluding hydrogens is 456 g/mol. The van der Waals surface area contributed by atoms with E-state index in [-0.39, 0.29) is 12.2 Å². The number of hydrazone groups is 1. The summed E-state index contributed by atoms with van der Waals surface area (Å²) < 4.78 is 16.4. The highest BCUT2D eigenvalue weighted by molar-refractivity contribution is 6.33. The number of amides is 1. The number of hydrogen-bond acceptors (Lipinski definition) is 6. The van der Waals surface area contributed by atoms with Crippen molar-refractivity contribution in [2.75, 3.05) is 13.2 Å². The minimum Gasteiger partial charge on any atom is -0.494 e. The number of rotatable bonds is 11. The summed E-state index contributed by atoms with van der Waals surface area (Å²) >= 11 is 6.01. The van der Waals surface area contributed by atoms with Crippen LogP contribution in [0.3, 0.4) is 0 Å². The second-order valence-electron chi connectivity index (χ2n) is 7.19. The predicted octanol–water partition coefficient (Wildman–Crippen LogP) is 5.27. The summed E-state index contributed by atoms with van der Waals surface area (Å²) in [6.07, 6.45) is 3.55. The van der Waals surface area contributed by atoms with Crippen molar-refractivity contribution >= 4 is 29.7 Å². The Hall–Kier alpha value is -3.84. The highest BCUT2D eigenvalue weighted by atomic mass is 35.5. The van der Waals surface area contributed by atoms with Gasteiger partial charge in [0.2, 0.25) is 0 Å². The number of nitrogens with one attached hydrogen (secondary N) is 1. The minimum atomic E-state index is -0.544. The van der Waals surface area contributed by atoms with Gasteiger partial charge in [0.25, 0.3) is 5.91 Å². The lowest BCUT2D eigenvalue weighted by Gasteiger charge is -2.08. The molecule has 0 heterocycles. The normalized spacial score (nSPS) is 10.6. The average molecular weight is 481 g/mol. The van der Waals surface area contributed by atoms with Crippen molar-refractivity contribution in [1.82, 2.24) is 5.43 Å². The zero-order valence-corrected chi connectivity index (χ0v) is 19.5. The van der Waals surface area contributed by atoms with Crippen LogP contribution in [0.5, 0.6) is 17.2 Å². The molecular formula is C26H25ClN2O5. The topological polar surface area (TPSA) is 86.2 Å². The van der Waals surface area contributed by atoms with Gasteiger partial charge in [-0.15, -0.1) is 0 Å². The van der Waals surface area contributed by atoms with E-state index in [1.54, 1.807) is 72.8 Å². The Bertz CT molecular complexity index is 1110. The summed E-state index contributed by atoms with van der Waals surface area (Å²) in [5, 5.41) is 4.23. The molecule has 8 heteroatoms. The van der Waals surface area contributed by atoms with E-state index in [0.29, 0.717) is 28.7 Å². The van der Waals surface area contributed by atoms with Gasteiger partial charge in [-0.1, -0.05) is 37.1 Å². The van der Waals surface area contributed by atoms with E-state index >= 15 is 0 Å². The van der Waals surface area contributed by atoms with E-state index in [0.717, 1.165) is 18.6 Å². The molecule has 0 aliphatic carbocycles. The molecule has 3 aromatic rings. The molecule has 0 saturated heterocycles. The smallest absolute Gasteiger partial charge is 0.345 e. The first-order valence-electron chi connectivity index (χ1n) is 10.8. The summed E-state index contributed by atoms with van der Waals surface area (Å²) in [7, 11) is 0. The Morgan fingerprint density at radius 2 is 1.56 bits per heavy atom. The van der Waals surface area contributed by atoms with Gasteiger partial charge in [-0.25, -0.2) is 10.2 Å². The molecule has 0 aliphatic heterocycles. The number of carbonyl (C=O) groups excluding carboxylic acids is 2. The third kappa shape index (κ3) is 7.94. The molecule has 1 amide bonds. The molecule has 0 spiro atoms. The number of ether oxygens (including phenoxy) is 3. The van der Waals surface area contributed by atoms with Crippen LogP contribution >= 0.6 is 11.6 Å². The number of benzene rings is 3. The molecule has 1 N–H and O–H groups in total. The first-order chi connectivity index (χ1) is 16.5. The van der Waals surface area contributed by atoms with Crippen molar-refractivity contribution in [1.29, 1.82) is 0 Å². The van der Waals surface area contributed by atoms with Crippen LogP contribution < -0.4 is 19.6 Å². The Labute approximate surface area is 203 Å². The maximum atomic E-state index is 12.2. The fourth-order valence-electron chi connectivity index (χ4n) is 2.74. The second kappa shape index (κ2) is 13.0. The molecule has 0 atom stereocenters. The van der Waals surface area contributed by atoms with Crippen molar-refractivity contribution in [2.45, 2.75) is 19.8 Å². The van der Waals surface area contributed by atoms with Crippen LogP contribution in [0.2, 0.25) is 5.02 Å². The highest BCUT2D eigenvalue weighted by Crippen LogP contribution is 2.19. The SMILES string of the molecule is CCCCOc1ccc(OCC(=O)N/N=C/c2ccc(OC(=O)c3ccccc3Cl)cc2)cc1. The molecule has 34 heavy (non-hydrogen) atoms. The average Bonchev–Trinajstić information content (AvgIpc) is 2.85. The van der Waals surface area contributed by atoms with Gasteiger partial charge in [-0.3, -0.25) is 4.79 Å². The lowest BCUT2D eigenvalue weighted by Crippen LogP contribution is -2.24.